The number of nitrogens with zero attached hydrogens (tertiary/aromatic N) is 2. The Labute approximate surface area is 156 Å². The highest BCUT2D eigenvalue weighted by Crippen LogP contribution is 2.27. The van der Waals surface area contributed by atoms with Crippen LogP contribution in [-0.2, 0) is 4.79 Å². The smallest absolute Gasteiger partial charge is 0.277 e. The van der Waals surface area contributed by atoms with Crippen LogP contribution in [0, 0.1) is 5.92 Å². The summed E-state index contributed by atoms with van der Waals surface area (Å²) in [6.45, 7) is 2.62. The normalized spacial score (nSPS) is 16.6. The maximum absolute atomic E-state index is 12.3. The summed E-state index contributed by atoms with van der Waals surface area (Å²) in [4.78, 5) is 12.3. The van der Waals surface area contributed by atoms with E-state index in [4.69, 9.17) is 16.0 Å². The van der Waals surface area contributed by atoms with Crippen molar-refractivity contribution in [3.8, 4) is 11.5 Å². The van der Waals surface area contributed by atoms with Gasteiger partial charge >= 0.3 is 0 Å². The molecular weight excluding hydrogens is 358 g/mol. The third kappa shape index (κ3) is 5.22. The van der Waals surface area contributed by atoms with Crippen LogP contribution in [-0.4, -0.2) is 27.9 Å². The Bertz CT molecular complexity index is 699. The largest absolute Gasteiger partial charge is 0.411 e. The monoisotopic (exact) mass is 379 g/mol. The third-order valence-corrected chi connectivity index (χ3v) is 5.62. The molecule has 1 atom stereocenters. The first kappa shape index (κ1) is 18.3. The second kappa shape index (κ2) is 8.72. The molecule has 0 aliphatic heterocycles. The summed E-state index contributed by atoms with van der Waals surface area (Å²) < 4.78 is 5.64. The summed E-state index contributed by atoms with van der Waals surface area (Å²) in [7, 11) is 0. The van der Waals surface area contributed by atoms with E-state index >= 15 is 0 Å². The van der Waals surface area contributed by atoms with Crippen LogP contribution in [0.4, 0.5) is 0 Å². The van der Waals surface area contributed by atoms with Crippen molar-refractivity contribution >= 4 is 29.3 Å². The lowest BCUT2D eigenvalue weighted by atomic mass is 9.89. The van der Waals surface area contributed by atoms with E-state index in [1.165, 1.54) is 43.9 Å². The zero-order chi connectivity index (χ0) is 17.6. The maximum Gasteiger partial charge on any atom is 0.277 e. The van der Waals surface area contributed by atoms with Crippen LogP contribution >= 0.6 is 23.4 Å². The molecule has 134 valence electrons. The standard InChI is InChI=1S/C18H22ClN3O2S/c1-12(16(23)20-11-13-5-3-2-4-6-13)25-18-22-21-17(24-18)14-7-9-15(19)10-8-14/h7-10,12-13H,2-6,11H2,1H3,(H,20,23)/t12-/m1/s1. The molecule has 1 heterocycles. The second-order valence-corrected chi connectivity index (χ2v) is 8.12. The number of carbonyl (C=O) groups excluding carboxylic acids is 1. The zero-order valence-electron chi connectivity index (χ0n) is 14.2. The lowest BCUT2D eigenvalue weighted by Crippen LogP contribution is -2.35. The molecule has 1 N–H and O–H groups in total. The van der Waals surface area contributed by atoms with E-state index in [9.17, 15) is 4.79 Å². The predicted molar refractivity (Wildman–Crippen MR) is 99.6 cm³/mol. The third-order valence-electron chi connectivity index (χ3n) is 4.43. The van der Waals surface area contributed by atoms with Crippen LogP contribution in [0.25, 0.3) is 11.5 Å². The molecule has 2 aromatic rings. The first-order chi connectivity index (χ1) is 12.1. The van der Waals surface area contributed by atoms with E-state index in [1.807, 2.05) is 19.1 Å². The molecule has 0 saturated heterocycles. The fraction of sp³-hybridized carbons (Fsp3) is 0.500. The molecule has 1 aromatic heterocycles. The van der Waals surface area contributed by atoms with Crippen LogP contribution in [0.3, 0.4) is 0 Å². The van der Waals surface area contributed by atoms with Gasteiger partial charge in [0.15, 0.2) is 0 Å². The van der Waals surface area contributed by atoms with Gasteiger partial charge in [0.25, 0.3) is 5.22 Å². The number of benzene rings is 1. The van der Waals surface area contributed by atoms with E-state index < -0.39 is 0 Å². The fourth-order valence-electron chi connectivity index (χ4n) is 2.95. The molecule has 1 aliphatic carbocycles. The van der Waals surface area contributed by atoms with Crippen LogP contribution in [0.5, 0.6) is 0 Å². The topological polar surface area (TPSA) is 68.0 Å². The van der Waals surface area contributed by atoms with Crippen molar-refractivity contribution in [1.82, 2.24) is 15.5 Å². The molecule has 1 aliphatic rings. The molecule has 25 heavy (non-hydrogen) atoms. The van der Waals surface area contributed by atoms with Gasteiger partial charge in [0, 0.05) is 17.1 Å². The van der Waals surface area contributed by atoms with Crippen molar-refractivity contribution in [1.29, 1.82) is 0 Å². The number of rotatable bonds is 6. The number of amides is 1. The van der Waals surface area contributed by atoms with Crippen LogP contribution in [0.15, 0.2) is 33.9 Å². The maximum atomic E-state index is 12.3. The molecule has 5 nitrogen and oxygen atoms in total. The van der Waals surface area contributed by atoms with Crippen molar-refractivity contribution in [2.45, 2.75) is 49.5 Å². The van der Waals surface area contributed by atoms with Crippen molar-refractivity contribution in [2.75, 3.05) is 6.54 Å². The molecule has 0 bridgehead atoms. The Balaban J connectivity index is 1.51. The van der Waals surface area contributed by atoms with E-state index in [0.717, 1.165) is 12.1 Å². The van der Waals surface area contributed by atoms with Crippen molar-refractivity contribution < 1.29 is 9.21 Å². The van der Waals surface area contributed by atoms with Gasteiger partial charge in [0.1, 0.15) is 0 Å². The number of hydrogen-bond donors (Lipinski definition) is 1. The van der Waals surface area contributed by atoms with Crippen molar-refractivity contribution in [3.05, 3.63) is 29.3 Å². The van der Waals surface area contributed by atoms with Gasteiger partial charge in [-0.1, -0.05) is 42.6 Å². The quantitative estimate of drug-likeness (QED) is 0.744. The lowest BCUT2D eigenvalue weighted by molar-refractivity contribution is -0.120. The minimum absolute atomic E-state index is 0.0156. The lowest BCUT2D eigenvalue weighted by Gasteiger charge is -2.22. The summed E-state index contributed by atoms with van der Waals surface area (Å²) in [6.07, 6.45) is 6.32. The van der Waals surface area contributed by atoms with E-state index in [0.29, 0.717) is 22.1 Å². The SMILES string of the molecule is C[C@@H](Sc1nnc(-c2ccc(Cl)cc2)o1)C(=O)NCC1CCCCC1. The Morgan fingerprint density at radius 3 is 2.72 bits per heavy atom. The van der Waals surface area contributed by atoms with Gasteiger partial charge in [-0.25, -0.2) is 0 Å². The molecule has 7 heteroatoms. The number of carbonyl (C=O) groups is 1. The molecule has 0 radical (unpaired) electrons. The second-order valence-electron chi connectivity index (χ2n) is 6.39. The number of nitrogens with one attached hydrogen (secondary N) is 1. The van der Waals surface area contributed by atoms with Crippen molar-refractivity contribution in [2.24, 2.45) is 5.92 Å². The summed E-state index contributed by atoms with van der Waals surface area (Å²) in [6, 6.07) is 7.19. The summed E-state index contributed by atoms with van der Waals surface area (Å²) in [5, 5.41) is 11.9. The molecule has 1 amide bonds. The summed E-state index contributed by atoms with van der Waals surface area (Å²) in [5.74, 6) is 1.06. The Morgan fingerprint density at radius 2 is 2.00 bits per heavy atom. The highest BCUT2D eigenvalue weighted by molar-refractivity contribution is 8.00. The van der Waals surface area contributed by atoms with Gasteiger partial charge in [0.05, 0.1) is 5.25 Å². The number of aromatic nitrogens is 2. The van der Waals surface area contributed by atoms with Crippen LogP contribution in [0.2, 0.25) is 5.02 Å². The molecule has 1 aromatic carbocycles. The van der Waals surface area contributed by atoms with Gasteiger partial charge in [-0.3, -0.25) is 4.79 Å². The average Bonchev–Trinajstić information content (AvgIpc) is 3.09. The van der Waals surface area contributed by atoms with E-state index in [2.05, 4.69) is 15.5 Å². The zero-order valence-corrected chi connectivity index (χ0v) is 15.8. The first-order valence-corrected chi connectivity index (χ1v) is 9.91. The van der Waals surface area contributed by atoms with Gasteiger partial charge in [-0.05, 0) is 49.9 Å². The van der Waals surface area contributed by atoms with Gasteiger partial charge in [-0.2, -0.15) is 0 Å². The van der Waals surface area contributed by atoms with Crippen molar-refractivity contribution in [3.63, 3.8) is 0 Å². The predicted octanol–water partition coefficient (Wildman–Crippen LogP) is 4.57. The summed E-state index contributed by atoms with van der Waals surface area (Å²) in [5.41, 5.74) is 0.804. The van der Waals surface area contributed by atoms with E-state index in [-0.39, 0.29) is 11.2 Å². The molecule has 1 fully saturated rings. The van der Waals surface area contributed by atoms with Crippen LogP contribution in [0.1, 0.15) is 39.0 Å². The minimum Gasteiger partial charge on any atom is -0.411 e. The highest BCUT2D eigenvalue weighted by Gasteiger charge is 2.20. The molecule has 1 saturated carbocycles. The fourth-order valence-corrected chi connectivity index (χ4v) is 3.79. The molecular formula is C18H22ClN3O2S. The number of halogens is 1. The highest BCUT2D eigenvalue weighted by atomic mass is 35.5. The minimum atomic E-state index is -0.276. The molecule has 3 rings (SSSR count). The van der Waals surface area contributed by atoms with Gasteiger partial charge < -0.3 is 9.73 Å². The molecule has 0 spiro atoms. The summed E-state index contributed by atoms with van der Waals surface area (Å²) >= 11 is 7.16. The Hall–Kier alpha value is -1.53. The molecule has 0 unspecified atom stereocenters. The van der Waals surface area contributed by atoms with Crippen LogP contribution < -0.4 is 5.32 Å². The Kier molecular flexibility index (Phi) is 6.37. The number of hydrogen-bond acceptors (Lipinski definition) is 5. The first-order valence-electron chi connectivity index (χ1n) is 8.65. The average molecular weight is 380 g/mol. The van der Waals surface area contributed by atoms with Gasteiger partial charge in [-0.15, -0.1) is 10.2 Å². The van der Waals surface area contributed by atoms with Gasteiger partial charge in [0.2, 0.25) is 11.8 Å². The Morgan fingerprint density at radius 1 is 1.28 bits per heavy atom. The van der Waals surface area contributed by atoms with E-state index in [1.54, 1.807) is 12.1 Å². The number of thioether (sulfide) groups is 1.